The first-order valence-electron chi connectivity index (χ1n) is 6.85. The topological polar surface area (TPSA) is 26.3 Å². The Morgan fingerprint density at radius 1 is 0.952 bits per heavy atom. The molecule has 0 amide bonds. The van der Waals surface area contributed by atoms with Crippen LogP contribution in [0.25, 0.3) is 0 Å². The summed E-state index contributed by atoms with van der Waals surface area (Å²) in [4.78, 5) is 12.4. The first-order valence-corrected chi connectivity index (χ1v) is 6.85. The van der Waals surface area contributed by atoms with Gasteiger partial charge in [-0.25, -0.2) is 0 Å². The number of ether oxygens (including phenoxy) is 1. The lowest BCUT2D eigenvalue weighted by Crippen LogP contribution is -2.04. The summed E-state index contributed by atoms with van der Waals surface area (Å²) in [7, 11) is 0. The number of hydrogen-bond donors (Lipinski definition) is 0. The van der Waals surface area contributed by atoms with E-state index in [0.29, 0.717) is 11.1 Å². The van der Waals surface area contributed by atoms with E-state index in [1.807, 2.05) is 18.2 Å². The molecule has 4 heteroatoms. The van der Waals surface area contributed by atoms with Crippen molar-refractivity contribution in [3.8, 4) is 5.75 Å². The maximum atomic E-state index is 12.4. The molecular weight excluding hydrogens is 274 g/mol. The number of rotatable bonds is 4. The Morgan fingerprint density at radius 2 is 1.62 bits per heavy atom. The van der Waals surface area contributed by atoms with Gasteiger partial charge < -0.3 is 4.74 Å². The molecular formula is C17H14F2O2. The second-order valence-electron chi connectivity index (χ2n) is 5.07. The van der Waals surface area contributed by atoms with Crippen LogP contribution in [0.2, 0.25) is 0 Å². The summed E-state index contributed by atoms with van der Waals surface area (Å²) in [5.41, 5.74) is 3.65. The molecule has 0 fully saturated rings. The maximum Gasteiger partial charge on any atom is 0.387 e. The van der Waals surface area contributed by atoms with E-state index >= 15 is 0 Å². The fraction of sp³-hybridized carbons (Fsp3) is 0.235. The number of alkyl halides is 2. The fourth-order valence-electron chi connectivity index (χ4n) is 2.67. The molecule has 108 valence electrons. The molecule has 0 aliphatic heterocycles. The Labute approximate surface area is 121 Å². The van der Waals surface area contributed by atoms with Crippen LogP contribution in [0, 0.1) is 0 Å². The highest BCUT2D eigenvalue weighted by molar-refractivity contribution is 6.09. The van der Waals surface area contributed by atoms with Crippen molar-refractivity contribution in [3.63, 3.8) is 0 Å². The number of hydrogen-bond acceptors (Lipinski definition) is 2. The Bertz CT molecular complexity index is 663. The van der Waals surface area contributed by atoms with Gasteiger partial charge in [-0.15, -0.1) is 0 Å². The Balaban J connectivity index is 1.81. The molecule has 0 radical (unpaired) electrons. The highest BCUT2D eigenvalue weighted by atomic mass is 19.3. The van der Waals surface area contributed by atoms with Crippen LogP contribution in [-0.4, -0.2) is 12.4 Å². The fourth-order valence-corrected chi connectivity index (χ4v) is 2.67. The van der Waals surface area contributed by atoms with Gasteiger partial charge in [0.15, 0.2) is 5.78 Å². The van der Waals surface area contributed by atoms with Crippen LogP contribution < -0.4 is 4.74 Å². The Hall–Kier alpha value is -2.23. The molecule has 0 bridgehead atoms. The average molecular weight is 288 g/mol. The smallest absolute Gasteiger partial charge is 0.387 e. The van der Waals surface area contributed by atoms with Crippen molar-refractivity contribution >= 4 is 5.78 Å². The van der Waals surface area contributed by atoms with Gasteiger partial charge in [0.1, 0.15) is 5.75 Å². The second-order valence-corrected chi connectivity index (χ2v) is 5.07. The molecule has 3 rings (SSSR count). The highest BCUT2D eigenvalue weighted by Crippen LogP contribution is 2.24. The van der Waals surface area contributed by atoms with Gasteiger partial charge in [-0.3, -0.25) is 4.79 Å². The average Bonchev–Trinajstić information content (AvgIpc) is 2.94. The van der Waals surface area contributed by atoms with Gasteiger partial charge in [-0.1, -0.05) is 12.1 Å². The monoisotopic (exact) mass is 288 g/mol. The minimum atomic E-state index is -2.86. The Morgan fingerprint density at radius 3 is 2.33 bits per heavy atom. The largest absolute Gasteiger partial charge is 0.435 e. The van der Waals surface area contributed by atoms with Crippen molar-refractivity contribution in [2.24, 2.45) is 0 Å². The molecule has 1 aliphatic rings. The number of carbonyl (C=O) groups excluding carboxylic acids is 1. The summed E-state index contributed by atoms with van der Waals surface area (Å²) >= 11 is 0. The molecule has 0 N–H and O–H groups in total. The third-order valence-corrected chi connectivity index (χ3v) is 3.70. The summed E-state index contributed by atoms with van der Waals surface area (Å²) in [5, 5.41) is 0. The SMILES string of the molecule is O=C(c1ccc(OC(F)F)cc1)c1ccc2c(c1)CCC2. The summed E-state index contributed by atoms with van der Waals surface area (Å²) in [5.74, 6) is -0.0520. The standard InChI is InChI=1S/C17H14F2O2/c18-17(19)21-15-8-6-12(7-9-15)16(20)14-5-4-11-2-1-3-13(11)10-14/h4-10,17H,1-3H2. The molecule has 0 spiro atoms. The quantitative estimate of drug-likeness (QED) is 0.795. The van der Waals surface area contributed by atoms with Crippen LogP contribution in [-0.2, 0) is 12.8 Å². The van der Waals surface area contributed by atoms with Crippen LogP contribution in [0.3, 0.4) is 0 Å². The number of aryl methyl sites for hydroxylation is 2. The molecule has 0 atom stereocenters. The highest BCUT2D eigenvalue weighted by Gasteiger charge is 2.15. The number of fused-ring (bicyclic) bond motifs is 1. The van der Waals surface area contributed by atoms with E-state index in [4.69, 9.17) is 0 Å². The van der Waals surface area contributed by atoms with E-state index in [2.05, 4.69) is 4.74 Å². The summed E-state index contributed by atoms with van der Waals surface area (Å²) in [6, 6.07) is 11.5. The predicted molar refractivity (Wildman–Crippen MR) is 75.0 cm³/mol. The van der Waals surface area contributed by atoms with Crippen molar-refractivity contribution in [1.29, 1.82) is 0 Å². The van der Waals surface area contributed by atoms with Crippen LogP contribution >= 0.6 is 0 Å². The van der Waals surface area contributed by atoms with Crippen molar-refractivity contribution in [2.75, 3.05) is 0 Å². The molecule has 0 saturated heterocycles. The second kappa shape index (κ2) is 5.64. The van der Waals surface area contributed by atoms with Crippen LogP contribution in [0.5, 0.6) is 5.75 Å². The Kier molecular flexibility index (Phi) is 3.69. The molecule has 1 aliphatic carbocycles. The minimum absolute atomic E-state index is 0.0514. The summed E-state index contributed by atoms with van der Waals surface area (Å²) in [6.45, 7) is -2.86. The van der Waals surface area contributed by atoms with Crippen molar-refractivity contribution in [3.05, 3.63) is 64.7 Å². The zero-order chi connectivity index (χ0) is 14.8. The number of benzene rings is 2. The molecule has 0 heterocycles. The molecule has 2 nitrogen and oxygen atoms in total. The molecule has 21 heavy (non-hydrogen) atoms. The van der Waals surface area contributed by atoms with E-state index in [-0.39, 0.29) is 11.5 Å². The van der Waals surface area contributed by atoms with Crippen LogP contribution in [0.1, 0.15) is 33.5 Å². The summed E-state index contributed by atoms with van der Waals surface area (Å²) < 4.78 is 28.4. The molecule has 2 aromatic carbocycles. The van der Waals surface area contributed by atoms with E-state index < -0.39 is 6.61 Å². The van der Waals surface area contributed by atoms with Crippen LogP contribution in [0.15, 0.2) is 42.5 Å². The van der Waals surface area contributed by atoms with Gasteiger partial charge in [0.05, 0.1) is 0 Å². The zero-order valence-electron chi connectivity index (χ0n) is 11.3. The first-order chi connectivity index (χ1) is 10.1. The van der Waals surface area contributed by atoms with Gasteiger partial charge in [-0.05, 0) is 60.7 Å². The van der Waals surface area contributed by atoms with Crippen molar-refractivity contribution in [2.45, 2.75) is 25.9 Å². The van der Waals surface area contributed by atoms with Gasteiger partial charge in [-0.2, -0.15) is 8.78 Å². The predicted octanol–water partition coefficient (Wildman–Crippen LogP) is 4.01. The number of halogens is 2. The molecule has 0 unspecified atom stereocenters. The normalized spacial score (nSPS) is 13.3. The minimum Gasteiger partial charge on any atom is -0.435 e. The van der Waals surface area contributed by atoms with E-state index in [0.717, 1.165) is 19.3 Å². The number of ketones is 1. The van der Waals surface area contributed by atoms with Crippen molar-refractivity contribution < 1.29 is 18.3 Å². The van der Waals surface area contributed by atoms with Gasteiger partial charge in [0, 0.05) is 11.1 Å². The van der Waals surface area contributed by atoms with E-state index in [1.54, 1.807) is 0 Å². The summed E-state index contributed by atoms with van der Waals surface area (Å²) in [6.07, 6.45) is 3.22. The lowest BCUT2D eigenvalue weighted by Gasteiger charge is -2.07. The van der Waals surface area contributed by atoms with Crippen LogP contribution in [0.4, 0.5) is 8.78 Å². The third kappa shape index (κ3) is 2.94. The van der Waals surface area contributed by atoms with Gasteiger partial charge in [0.2, 0.25) is 0 Å². The van der Waals surface area contributed by atoms with E-state index in [1.165, 1.54) is 35.4 Å². The van der Waals surface area contributed by atoms with Gasteiger partial charge in [0.25, 0.3) is 0 Å². The van der Waals surface area contributed by atoms with E-state index in [9.17, 15) is 13.6 Å². The zero-order valence-corrected chi connectivity index (χ0v) is 11.3. The number of carbonyl (C=O) groups is 1. The maximum absolute atomic E-state index is 12.4. The van der Waals surface area contributed by atoms with Gasteiger partial charge >= 0.3 is 6.61 Å². The molecule has 2 aromatic rings. The lowest BCUT2D eigenvalue weighted by atomic mass is 9.99. The molecule has 0 aromatic heterocycles. The van der Waals surface area contributed by atoms with Crippen molar-refractivity contribution in [1.82, 2.24) is 0 Å². The lowest BCUT2D eigenvalue weighted by molar-refractivity contribution is -0.0498. The third-order valence-electron chi connectivity index (χ3n) is 3.70. The molecule has 0 saturated carbocycles. The first kappa shape index (κ1) is 13.7.